The number of hydrogen-bond acceptors (Lipinski definition) is 4. The fraction of sp³-hybridized carbons (Fsp3) is 0.700. The molecule has 1 N–H and O–H groups in total. The molecule has 0 unspecified atom stereocenters. The number of rotatable bonds is 4. The van der Waals surface area contributed by atoms with Gasteiger partial charge in [0.25, 0.3) is 0 Å². The zero-order valence-electron chi connectivity index (χ0n) is 15.8. The average Bonchev–Trinajstić information content (AvgIpc) is 2.92. The molecule has 0 bridgehead atoms. The van der Waals surface area contributed by atoms with Gasteiger partial charge in [0.15, 0.2) is 0 Å². The van der Waals surface area contributed by atoms with E-state index in [2.05, 4.69) is 34.4 Å². The Balaban J connectivity index is 1.53. The second-order valence-electron chi connectivity index (χ2n) is 7.23. The lowest BCUT2D eigenvalue weighted by atomic mass is 10.1. The van der Waals surface area contributed by atoms with Crippen LogP contribution in [0, 0.1) is 11.8 Å². The number of aromatic nitrogens is 2. The zero-order chi connectivity index (χ0) is 18.4. The van der Waals surface area contributed by atoms with Gasteiger partial charge >= 0.3 is 0 Å². The topological polar surface area (TPSA) is 61.6 Å². The van der Waals surface area contributed by atoms with E-state index >= 15 is 0 Å². The molecule has 0 aromatic carbocycles. The van der Waals surface area contributed by atoms with Gasteiger partial charge in [-0.2, -0.15) is 5.10 Å². The number of aryl methyl sites for hydroxylation is 2. The lowest BCUT2D eigenvalue weighted by Crippen LogP contribution is -2.40. The quantitative estimate of drug-likeness (QED) is 0.827. The summed E-state index contributed by atoms with van der Waals surface area (Å²) in [6.07, 6.45) is 4.32. The Bertz CT molecular complexity index is 665. The van der Waals surface area contributed by atoms with Crippen LogP contribution in [0.15, 0.2) is 6.07 Å². The molecule has 0 aliphatic carbocycles. The Morgan fingerprint density at radius 1 is 1.27 bits per heavy atom. The molecule has 0 saturated carbocycles. The van der Waals surface area contributed by atoms with Crippen LogP contribution in [0.25, 0.3) is 0 Å². The summed E-state index contributed by atoms with van der Waals surface area (Å²) in [5.74, 6) is 6.55. The lowest BCUT2D eigenvalue weighted by Gasteiger charge is -2.29. The van der Waals surface area contributed by atoms with Crippen LogP contribution in [-0.2, 0) is 24.3 Å². The largest absolute Gasteiger partial charge is 0.393 e. The van der Waals surface area contributed by atoms with Gasteiger partial charge in [-0.05, 0) is 25.3 Å². The predicted octanol–water partition coefficient (Wildman–Crippen LogP) is 1.42. The normalized spacial score (nSPS) is 18.8. The molecule has 3 rings (SSSR count). The summed E-state index contributed by atoms with van der Waals surface area (Å²) >= 11 is 0. The monoisotopic (exact) mass is 358 g/mol. The highest BCUT2D eigenvalue weighted by molar-refractivity contribution is 5.76. The van der Waals surface area contributed by atoms with Crippen LogP contribution in [0.2, 0.25) is 0 Å². The van der Waals surface area contributed by atoms with Crippen molar-refractivity contribution in [1.82, 2.24) is 19.6 Å². The molecular weight excluding hydrogens is 328 g/mol. The third-order valence-electron chi connectivity index (χ3n) is 5.16. The van der Waals surface area contributed by atoms with Gasteiger partial charge < -0.3 is 10.0 Å². The Hall–Kier alpha value is -1.84. The van der Waals surface area contributed by atoms with Gasteiger partial charge in [-0.3, -0.25) is 14.4 Å². The summed E-state index contributed by atoms with van der Waals surface area (Å²) < 4.78 is 2.10. The highest BCUT2D eigenvalue weighted by Crippen LogP contribution is 2.16. The molecular formula is C20H30N4O2. The van der Waals surface area contributed by atoms with Crippen molar-refractivity contribution in [2.45, 2.75) is 64.6 Å². The molecule has 6 heteroatoms. The molecule has 1 fully saturated rings. The smallest absolute Gasteiger partial charge is 0.222 e. The molecule has 1 aromatic rings. The molecule has 142 valence electrons. The van der Waals surface area contributed by atoms with Gasteiger partial charge in [-0.25, -0.2) is 0 Å². The molecule has 1 amide bonds. The van der Waals surface area contributed by atoms with E-state index in [9.17, 15) is 9.90 Å². The summed E-state index contributed by atoms with van der Waals surface area (Å²) in [5, 5.41) is 14.3. The van der Waals surface area contributed by atoms with Crippen molar-refractivity contribution in [2.24, 2.45) is 0 Å². The Morgan fingerprint density at radius 2 is 2.08 bits per heavy atom. The van der Waals surface area contributed by atoms with E-state index in [1.165, 1.54) is 5.69 Å². The molecule has 0 radical (unpaired) electrons. The summed E-state index contributed by atoms with van der Waals surface area (Å²) in [4.78, 5) is 16.6. The molecule has 1 saturated heterocycles. The molecule has 0 spiro atoms. The van der Waals surface area contributed by atoms with Crippen molar-refractivity contribution >= 4 is 5.91 Å². The standard InChI is InChI=1S/C20H30N4O2/c1-2-3-4-10-22-11-5-12-24-18(16-22)15-17(21-24)6-7-20(26)23-13-8-19(25)9-14-23/h15,19,25H,2,5-14,16H2,1H3. The van der Waals surface area contributed by atoms with E-state index < -0.39 is 0 Å². The first kappa shape index (κ1) is 18.9. The number of piperidine rings is 1. The van der Waals surface area contributed by atoms with E-state index in [1.807, 2.05) is 4.90 Å². The third-order valence-corrected chi connectivity index (χ3v) is 5.16. The predicted molar refractivity (Wildman–Crippen MR) is 100 cm³/mol. The van der Waals surface area contributed by atoms with Gasteiger partial charge in [-0.15, -0.1) is 5.92 Å². The molecule has 3 heterocycles. The first-order valence-corrected chi connectivity index (χ1v) is 9.85. The fourth-order valence-electron chi connectivity index (χ4n) is 3.65. The number of likely N-dealkylation sites (tertiary alicyclic amines) is 1. The number of amides is 1. The van der Waals surface area contributed by atoms with Crippen LogP contribution in [0.1, 0.15) is 50.4 Å². The van der Waals surface area contributed by atoms with Crippen molar-refractivity contribution in [3.05, 3.63) is 17.5 Å². The number of aliphatic hydroxyl groups is 1. The van der Waals surface area contributed by atoms with Crippen molar-refractivity contribution in [3.63, 3.8) is 0 Å². The Morgan fingerprint density at radius 3 is 2.85 bits per heavy atom. The van der Waals surface area contributed by atoms with Crippen molar-refractivity contribution in [3.8, 4) is 11.8 Å². The van der Waals surface area contributed by atoms with E-state index in [0.717, 1.165) is 44.7 Å². The number of carbonyl (C=O) groups is 1. The van der Waals surface area contributed by atoms with Crippen molar-refractivity contribution in [2.75, 3.05) is 26.2 Å². The molecule has 6 nitrogen and oxygen atoms in total. The minimum atomic E-state index is -0.243. The maximum Gasteiger partial charge on any atom is 0.222 e. The number of nitrogens with zero attached hydrogens (tertiary/aromatic N) is 4. The Kier molecular flexibility index (Phi) is 6.70. The van der Waals surface area contributed by atoms with Crippen molar-refractivity contribution < 1.29 is 9.90 Å². The van der Waals surface area contributed by atoms with Gasteiger partial charge in [0.2, 0.25) is 5.91 Å². The molecule has 26 heavy (non-hydrogen) atoms. The van der Waals surface area contributed by atoms with Crippen LogP contribution < -0.4 is 0 Å². The highest BCUT2D eigenvalue weighted by Gasteiger charge is 2.22. The van der Waals surface area contributed by atoms with Crippen LogP contribution in [0.3, 0.4) is 0 Å². The Labute approximate surface area is 156 Å². The van der Waals surface area contributed by atoms with Gasteiger partial charge in [-0.1, -0.05) is 12.8 Å². The maximum absolute atomic E-state index is 12.4. The number of hydrogen-bond donors (Lipinski definition) is 1. The zero-order valence-corrected chi connectivity index (χ0v) is 15.8. The van der Waals surface area contributed by atoms with E-state index in [4.69, 9.17) is 5.10 Å². The molecule has 0 atom stereocenters. The minimum absolute atomic E-state index is 0.177. The maximum atomic E-state index is 12.4. The minimum Gasteiger partial charge on any atom is -0.393 e. The SMILES string of the molecule is CCC#CCN1CCCn2nc(CCC(=O)N3CCC(O)CC3)cc2C1. The lowest BCUT2D eigenvalue weighted by molar-refractivity contribution is -0.133. The number of aliphatic hydroxyl groups excluding tert-OH is 1. The molecule has 2 aliphatic rings. The summed E-state index contributed by atoms with van der Waals surface area (Å²) in [6.45, 7) is 7.10. The molecule has 1 aromatic heterocycles. The second kappa shape index (κ2) is 9.20. The van der Waals surface area contributed by atoms with E-state index in [-0.39, 0.29) is 12.0 Å². The summed E-state index contributed by atoms with van der Waals surface area (Å²) in [7, 11) is 0. The van der Waals surface area contributed by atoms with Crippen molar-refractivity contribution in [1.29, 1.82) is 0 Å². The number of fused-ring (bicyclic) bond motifs is 1. The van der Waals surface area contributed by atoms with E-state index in [0.29, 0.717) is 38.8 Å². The fourth-order valence-corrected chi connectivity index (χ4v) is 3.65. The van der Waals surface area contributed by atoms with Gasteiger partial charge in [0.1, 0.15) is 0 Å². The van der Waals surface area contributed by atoms with Gasteiger partial charge in [0.05, 0.1) is 24.0 Å². The average molecular weight is 358 g/mol. The third kappa shape index (κ3) is 5.09. The molecule has 2 aliphatic heterocycles. The highest BCUT2D eigenvalue weighted by atomic mass is 16.3. The van der Waals surface area contributed by atoms with E-state index in [1.54, 1.807) is 0 Å². The van der Waals surface area contributed by atoms with Crippen LogP contribution in [0.5, 0.6) is 0 Å². The van der Waals surface area contributed by atoms with Gasteiger partial charge in [0, 0.05) is 52.0 Å². The summed E-state index contributed by atoms with van der Waals surface area (Å²) in [5.41, 5.74) is 2.23. The summed E-state index contributed by atoms with van der Waals surface area (Å²) in [6, 6.07) is 2.15. The van der Waals surface area contributed by atoms with Crippen LogP contribution in [0.4, 0.5) is 0 Å². The van der Waals surface area contributed by atoms with Crippen LogP contribution >= 0.6 is 0 Å². The number of carbonyl (C=O) groups excluding carboxylic acids is 1. The van der Waals surface area contributed by atoms with Crippen LogP contribution in [-0.4, -0.2) is 62.9 Å². The second-order valence-corrected chi connectivity index (χ2v) is 7.23. The first-order valence-electron chi connectivity index (χ1n) is 9.85. The first-order chi connectivity index (χ1) is 12.7.